The van der Waals surface area contributed by atoms with Crippen LogP contribution in [0.2, 0.25) is 0 Å². The smallest absolute Gasteiger partial charge is 0.261 e. The first kappa shape index (κ1) is 21.0. The van der Waals surface area contributed by atoms with E-state index in [-0.39, 0.29) is 17.4 Å². The van der Waals surface area contributed by atoms with Crippen LogP contribution < -0.4 is 10.1 Å². The molecule has 0 saturated heterocycles. The third-order valence-corrected chi connectivity index (χ3v) is 4.87. The summed E-state index contributed by atoms with van der Waals surface area (Å²) in [6.45, 7) is 12.7. The van der Waals surface area contributed by atoms with E-state index in [1.807, 2.05) is 19.1 Å². The molecule has 0 bridgehead atoms. The van der Waals surface area contributed by atoms with Crippen LogP contribution in [0, 0.1) is 6.92 Å². The second kappa shape index (κ2) is 9.07. The van der Waals surface area contributed by atoms with Crippen molar-refractivity contribution in [3.8, 4) is 5.75 Å². The zero-order valence-corrected chi connectivity index (χ0v) is 17.5. The van der Waals surface area contributed by atoms with Gasteiger partial charge in [0.2, 0.25) is 0 Å². The molecule has 2 aromatic rings. The minimum atomic E-state index is -0.495. The van der Waals surface area contributed by atoms with Crippen molar-refractivity contribution in [3.63, 3.8) is 0 Å². The first-order valence-corrected chi connectivity index (χ1v) is 9.88. The highest BCUT2D eigenvalue weighted by Gasteiger charge is 2.22. The van der Waals surface area contributed by atoms with Crippen LogP contribution in [0.4, 0.5) is 0 Å². The minimum absolute atomic E-state index is 0.000911. The van der Waals surface area contributed by atoms with Gasteiger partial charge in [-0.2, -0.15) is 0 Å². The molecule has 0 spiro atoms. The van der Waals surface area contributed by atoms with Crippen molar-refractivity contribution in [1.29, 1.82) is 0 Å². The lowest BCUT2D eigenvalue weighted by molar-refractivity contribution is -0.128. The number of hydrogen-bond acceptors (Lipinski definition) is 2. The van der Waals surface area contributed by atoms with Crippen LogP contribution in [-0.2, 0) is 10.2 Å². The molecule has 0 saturated carbocycles. The predicted molar refractivity (Wildman–Crippen MR) is 112 cm³/mol. The number of benzene rings is 2. The average molecular weight is 368 g/mol. The molecular weight excluding hydrogens is 334 g/mol. The number of carbonyl (C=O) groups excluding carboxylic acids is 1. The van der Waals surface area contributed by atoms with Gasteiger partial charge in [-0.3, -0.25) is 4.79 Å². The van der Waals surface area contributed by atoms with Crippen LogP contribution in [0.15, 0.2) is 48.5 Å². The third kappa shape index (κ3) is 5.85. The lowest BCUT2D eigenvalue weighted by Gasteiger charge is -2.23. The first-order valence-electron chi connectivity index (χ1n) is 9.88. The molecule has 0 fully saturated rings. The van der Waals surface area contributed by atoms with Crippen LogP contribution >= 0.6 is 0 Å². The van der Waals surface area contributed by atoms with E-state index in [0.717, 1.165) is 17.7 Å². The monoisotopic (exact) mass is 367 g/mol. The topological polar surface area (TPSA) is 38.3 Å². The van der Waals surface area contributed by atoms with Gasteiger partial charge in [-0.1, -0.05) is 76.6 Å². The molecule has 2 atom stereocenters. The molecule has 3 nitrogen and oxygen atoms in total. The van der Waals surface area contributed by atoms with E-state index in [1.54, 1.807) is 0 Å². The summed E-state index contributed by atoms with van der Waals surface area (Å²) in [6.07, 6.45) is 0.966. The van der Waals surface area contributed by atoms with Gasteiger partial charge in [0.15, 0.2) is 6.10 Å². The number of aryl methyl sites for hydroxylation is 1. The van der Waals surface area contributed by atoms with E-state index >= 15 is 0 Å². The maximum Gasteiger partial charge on any atom is 0.261 e. The summed E-state index contributed by atoms with van der Waals surface area (Å²) in [5.41, 5.74) is 3.69. The highest BCUT2D eigenvalue weighted by molar-refractivity contribution is 5.81. The molecule has 0 radical (unpaired) electrons. The summed E-state index contributed by atoms with van der Waals surface area (Å²) < 4.78 is 5.98. The summed E-state index contributed by atoms with van der Waals surface area (Å²) >= 11 is 0. The van der Waals surface area contributed by atoms with Crippen molar-refractivity contribution in [3.05, 3.63) is 65.2 Å². The van der Waals surface area contributed by atoms with Gasteiger partial charge in [0.25, 0.3) is 5.91 Å². The van der Waals surface area contributed by atoms with Crippen LogP contribution in [0.3, 0.4) is 0 Å². The minimum Gasteiger partial charge on any atom is -0.481 e. The number of ether oxygens (including phenoxy) is 1. The summed E-state index contributed by atoms with van der Waals surface area (Å²) in [5, 5.41) is 3.15. The molecule has 3 heteroatoms. The second-order valence-corrected chi connectivity index (χ2v) is 8.17. The van der Waals surface area contributed by atoms with Crippen molar-refractivity contribution in [2.75, 3.05) is 0 Å². The van der Waals surface area contributed by atoms with Crippen LogP contribution in [0.25, 0.3) is 0 Å². The molecular formula is C24H33NO2. The Morgan fingerprint density at radius 3 is 2.04 bits per heavy atom. The Balaban J connectivity index is 2.05. The zero-order chi connectivity index (χ0) is 20.0. The summed E-state index contributed by atoms with van der Waals surface area (Å²) in [4.78, 5) is 12.8. The summed E-state index contributed by atoms with van der Waals surface area (Å²) in [5.74, 6) is 0.665. The fourth-order valence-corrected chi connectivity index (χ4v) is 3.00. The van der Waals surface area contributed by atoms with Gasteiger partial charge in [-0.15, -0.1) is 0 Å². The van der Waals surface area contributed by atoms with Gasteiger partial charge >= 0.3 is 0 Å². The van der Waals surface area contributed by atoms with E-state index in [4.69, 9.17) is 4.74 Å². The number of carbonyl (C=O) groups is 1. The highest BCUT2D eigenvalue weighted by Crippen LogP contribution is 2.25. The van der Waals surface area contributed by atoms with E-state index in [1.165, 1.54) is 11.1 Å². The Bertz CT molecular complexity index is 726. The summed E-state index contributed by atoms with van der Waals surface area (Å²) in [6, 6.07) is 16.4. The number of nitrogens with one attached hydrogen (secondary N) is 1. The van der Waals surface area contributed by atoms with Gasteiger partial charge in [-0.05, 0) is 48.4 Å². The Morgan fingerprint density at radius 2 is 1.56 bits per heavy atom. The molecule has 1 amide bonds. The lowest BCUT2D eigenvalue weighted by atomic mass is 9.87. The molecule has 27 heavy (non-hydrogen) atoms. The van der Waals surface area contributed by atoms with Gasteiger partial charge in [-0.25, -0.2) is 0 Å². The van der Waals surface area contributed by atoms with Crippen LogP contribution in [0.5, 0.6) is 5.75 Å². The van der Waals surface area contributed by atoms with Crippen molar-refractivity contribution < 1.29 is 9.53 Å². The second-order valence-electron chi connectivity index (χ2n) is 8.17. The van der Waals surface area contributed by atoms with Gasteiger partial charge in [0.05, 0.1) is 6.04 Å². The summed E-state index contributed by atoms with van der Waals surface area (Å²) in [7, 11) is 0. The van der Waals surface area contributed by atoms with E-state index in [0.29, 0.717) is 6.42 Å². The fraction of sp³-hybridized carbons (Fsp3) is 0.458. The molecule has 146 valence electrons. The zero-order valence-electron chi connectivity index (χ0n) is 17.5. The predicted octanol–water partition coefficient (Wildman–Crippen LogP) is 5.72. The molecule has 0 aliphatic carbocycles. The molecule has 2 aromatic carbocycles. The molecule has 1 N–H and O–H groups in total. The Kier molecular flexibility index (Phi) is 7.06. The highest BCUT2D eigenvalue weighted by atomic mass is 16.5. The molecule has 0 aliphatic rings. The molecule has 0 aliphatic heterocycles. The first-order chi connectivity index (χ1) is 12.7. The molecule has 0 aromatic heterocycles. The Labute approximate surface area is 164 Å². The van der Waals surface area contributed by atoms with Crippen LogP contribution in [-0.4, -0.2) is 12.0 Å². The quantitative estimate of drug-likeness (QED) is 0.680. The van der Waals surface area contributed by atoms with Crippen molar-refractivity contribution in [1.82, 2.24) is 5.32 Å². The van der Waals surface area contributed by atoms with Crippen molar-refractivity contribution in [2.24, 2.45) is 0 Å². The molecule has 0 heterocycles. The van der Waals surface area contributed by atoms with Gasteiger partial charge in [0, 0.05) is 0 Å². The number of hydrogen-bond donors (Lipinski definition) is 1. The molecule has 2 rings (SSSR count). The Morgan fingerprint density at radius 1 is 0.963 bits per heavy atom. The van der Waals surface area contributed by atoms with E-state index in [9.17, 15) is 4.79 Å². The maximum absolute atomic E-state index is 12.8. The molecule has 0 unspecified atom stereocenters. The number of amides is 1. The Hall–Kier alpha value is -2.29. The van der Waals surface area contributed by atoms with Gasteiger partial charge < -0.3 is 10.1 Å². The standard InChI is InChI=1S/C24H33NO2/c1-7-21(18-11-9-17(3)10-12-18)25-23(26)22(8-2)27-20-15-13-19(14-16-20)24(4,5)6/h9-16,21-22H,7-8H2,1-6H3,(H,25,26)/t21-,22-/m0/s1. The fourth-order valence-electron chi connectivity index (χ4n) is 3.00. The SMILES string of the molecule is CC[C@H](Oc1ccc(C(C)(C)C)cc1)C(=O)N[C@@H](CC)c1ccc(C)cc1. The normalized spacial score (nSPS) is 13.7. The van der Waals surface area contributed by atoms with E-state index < -0.39 is 6.10 Å². The largest absolute Gasteiger partial charge is 0.481 e. The number of rotatable bonds is 7. The maximum atomic E-state index is 12.8. The van der Waals surface area contributed by atoms with Crippen molar-refractivity contribution >= 4 is 5.91 Å². The van der Waals surface area contributed by atoms with Crippen molar-refractivity contribution in [2.45, 2.75) is 71.9 Å². The van der Waals surface area contributed by atoms with Gasteiger partial charge in [0.1, 0.15) is 5.75 Å². The lowest BCUT2D eigenvalue weighted by Crippen LogP contribution is -2.39. The third-order valence-electron chi connectivity index (χ3n) is 4.87. The van der Waals surface area contributed by atoms with E-state index in [2.05, 4.69) is 76.3 Å². The van der Waals surface area contributed by atoms with Crippen LogP contribution in [0.1, 0.15) is 70.2 Å². The average Bonchev–Trinajstić information content (AvgIpc) is 2.64.